The van der Waals surface area contributed by atoms with Crippen LogP contribution in [-0.2, 0) is 4.74 Å². The zero-order valence-electron chi connectivity index (χ0n) is 17.6. The lowest BCUT2D eigenvalue weighted by molar-refractivity contribution is 0.0501. The number of fused-ring (bicyclic) bond motifs is 2. The summed E-state index contributed by atoms with van der Waals surface area (Å²) in [6.07, 6.45) is 2.04. The molecule has 1 amide bonds. The number of carbonyl (C=O) groups is 1. The summed E-state index contributed by atoms with van der Waals surface area (Å²) in [5.41, 5.74) is 5.60. The summed E-state index contributed by atoms with van der Waals surface area (Å²) in [7, 11) is 0. The number of aromatic amines is 1. The van der Waals surface area contributed by atoms with E-state index < -0.39 is 0 Å². The highest BCUT2D eigenvalue weighted by Crippen LogP contribution is 2.45. The number of para-hydroxylation sites is 1. The first-order chi connectivity index (χ1) is 15.7. The number of nitrogens with zero attached hydrogens (tertiary/aromatic N) is 1. The Morgan fingerprint density at radius 2 is 1.78 bits per heavy atom. The normalized spacial score (nSPS) is 20.3. The number of carbonyl (C=O) groups excluding carboxylic acids is 1. The quantitative estimate of drug-likeness (QED) is 0.455. The number of hydrogen-bond acceptors (Lipinski definition) is 2. The highest BCUT2D eigenvalue weighted by atomic mass is 19.1. The molecule has 4 aromatic rings. The van der Waals surface area contributed by atoms with E-state index in [-0.39, 0.29) is 23.9 Å². The largest absolute Gasteiger partial charge is 0.376 e. The molecule has 2 unspecified atom stereocenters. The first-order valence-corrected chi connectivity index (χ1v) is 11.1. The molecule has 3 aromatic carbocycles. The lowest BCUT2D eigenvalue weighted by Crippen LogP contribution is -2.35. The second-order valence-electron chi connectivity index (χ2n) is 8.55. The van der Waals surface area contributed by atoms with Gasteiger partial charge in [0, 0.05) is 35.2 Å². The van der Waals surface area contributed by atoms with Crippen molar-refractivity contribution in [3.05, 3.63) is 95.3 Å². The summed E-state index contributed by atoms with van der Waals surface area (Å²) < 4.78 is 19.6. The molecule has 3 heterocycles. The number of benzene rings is 3. The lowest BCUT2D eigenvalue weighted by Gasteiger charge is -2.28. The van der Waals surface area contributed by atoms with Crippen LogP contribution in [0.5, 0.6) is 0 Å². The molecule has 4 nitrogen and oxygen atoms in total. The van der Waals surface area contributed by atoms with Crippen molar-refractivity contribution >= 4 is 16.8 Å². The molecule has 6 rings (SSSR count). The molecular formula is C27H23FN2O2. The molecule has 2 aliphatic rings. The third-order valence-corrected chi connectivity index (χ3v) is 6.64. The average molecular weight is 426 g/mol. The van der Waals surface area contributed by atoms with Crippen LogP contribution >= 0.6 is 0 Å². The summed E-state index contributed by atoms with van der Waals surface area (Å²) in [4.78, 5) is 19.0. The first-order valence-electron chi connectivity index (χ1n) is 11.1. The zero-order valence-corrected chi connectivity index (χ0v) is 17.6. The predicted octanol–water partition coefficient (Wildman–Crippen LogP) is 5.70. The molecule has 0 saturated carbocycles. The van der Waals surface area contributed by atoms with E-state index in [1.165, 1.54) is 12.1 Å². The van der Waals surface area contributed by atoms with Crippen molar-refractivity contribution in [1.82, 2.24) is 9.88 Å². The molecule has 5 heteroatoms. The minimum absolute atomic E-state index is 0.0384. The number of rotatable bonds is 4. The fraction of sp³-hybridized carbons (Fsp3) is 0.222. The Hall–Kier alpha value is -3.44. The van der Waals surface area contributed by atoms with Crippen molar-refractivity contribution in [3.8, 4) is 11.3 Å². The van der Waals surface area contributed by atoms with Gasteiger partial charge in [-0.15, -0.1) is 0 Å². The third-order valence-electron chi connectivity index (χ3n) is 6.64. The highest BCUT2D eigenvalue weighted by molar-refractivity contribution is 6.02. The molecule has 2 aliphatic heterocycles. The number of nitrogens with one attached hydrogen (secondary N) is 1. The Morgan fingerprint density at radius 3 is 2.59 bits per heavy atom. The molecule has 160 valence electrons. The van der Waals surface area contributed by atoms with E-state index >= 15 is 0 Å². The average Bonchev–Trinajstić information content (AvgIpc) is 3.53. The molecule has 0 spiro atoms. The van der Waals surface area contributed by atoms with Gasteiger partial charge >= 0.3 is 0 Å². The molecule has 1 N–H and O–H groups in total. The van der Waals surface area contributed by atoms with E-state index in [2.05, 4.69) is 11.1 Å². The van der Waals surface area contributed by atoms with E-state index in [0.717, 1.165) is 58.3 Å². The Balaban J connectivity index is 1.57. The molecule has 1 saturated heterocycles. The summed E-state index contributed by atoms with van der Waals surface area (Å²) >= 11 is 0. The fourth-order valence-corrected chi connectivity index (χ4v) is 5.17. The monoisotopic (exact) mass is 426 g/mol. The molecule has 1 aromatic heterocycles. The second kappa shape index (κ2) is 7.61. The molecule has 32 heavy (non-hydrogen) atoms. The maximum absolute atomic E-state index is 13.7. The van der Waals surface area contributed by atoms with Gasteiger partial charge in [-0.3, -0.25) is 4.79 Å². The van der Waals surface area contributed by atoms with Crippen LogP contribution < -0.4 is 0 Å². The zero-order chi connectivity index (χ0) is 21.7. The van der Waals surface area contributed by atoms with E-state index in [9.17, 15) is 9.18 Å². The van der Waals surface area contributed by atoms with Gasteiger partial charge in [-0.1, -0.05) is 36.4 Å². The van der Waals surface area contributed by atoms with Crippen LogP contribution in [0.15, 0.2) is 72.8 Å². The maximum atomic E-state index is 13.7. The van der Waals surface area contributed by atoms with Crippen LogP contribution in [0, 0.1) is 5.82 Å². The Bertz CT molecular complexity index is 1300. The van der Waals surface area contributed by atoms with Gasteiger partial charge < -0.3 is 14.6 Å². The van der Waals surface area contributed by atoms with Gasteiger partial charge in [-0.05, 0) is 60.4 Å². The second-order valence-corrected chi connectivity index (χ2v) is 8.55. The first kappa shape index (κ1) is 19.3. The predicted molar refractivity (Wildman–Crippen MR) is 122 cm³/mol. The van der Waals surface area contributed by atoms with E-state index in [1.807, 2.05) is 47.4 Å². The van der Waals surface area contributed by atoms with E-state index in [0.29, 0.717) is 6.54 Å². The summed E-state index contributed by atoms with van der Waals surface area (Å²) in [6, 6.07) is 22.3. The van der Waals surface area contributed by atoms with Crippen LogP contribution in [-0.4, -0.2) is 35.0 Å². The molecule has 0 bridgehead atoms. The maximum Gasteiger partial charge on any atom is 0.255 e. The van der Waals surface area contributed by atoms with Crippen LogP contribution in [0.3, 0.4) is 0 Å². The molecule has 1 fully saturated rings. The summed E-state index contributed by atoms with van der Waals surface area (Å²) in [5, 5.41) is 1.07. The minimum Gasteiger partial charge on any atom is -0.376 e. The van der Waals surface area contributed by atoms with Crippen molar-refractivity contribution in [3.63, 3.8) is 0 Å². The Kier molecular flexibility index (Phi) is 4.58. The summed E-state index contributed by atoms with van der Waals surface area (Å²) in [6.45, 7) is 1.30. The van der Waals surface area contributed by atoms with Crippen molar-refractivity contribution in [2.45, 2.75) is 25.0 Å². The van der Waals surface area contributed by atoms with Crippen LogP contribution in [0.25, 0.3) is 22.2 Å². The summed E-state index contributed by atoms with van der Waals surface area (Å²) in [5.74, 6) is -0.232. The van der Waals surface area contributed by atoms with Crippen LogP contribution in [0.1, 0.15) is 40.4 Å². The minimum atomic E-state index is -0.271. The van der Waals surface area contributed by atoms with Crippen molar-refractivity contribution in [2.75, 3.05) is 13.2 Å². The van der Waals surface area contributed by atoms with Crippen molar-refractivity contribution in [2.24, 2.45) is 0 Å². The van der Waals surface area contributed by atoms with Gasteiger partial charge in [0.25, 0.3) is 5.91 Å². The number of halogens is 1. The molecule has 2 atom stereocenters. The number of H-pyrrole nitrogens is 1. The van der Waals surface area contributed by atoms with Gasteiger partial charge in [0.1, 0.15) is 5.82 Å². The number of ether oxygens (including phenoxy) is 1. The molecular weight excluding hydrogens is 403 g/mol. The fourth-order valence-electron chi connectivity index (χ4n) is 5.17. The van der Waals surface area contributed by atoms with Crippen LogP contribution in [0.2, 0.25) is 0 Å². The van der Waals surface area contributed by atoms with Gasteiger partial charge in [-0.2, -0.15) is 0 Å². The van der Waals surface area contributed by atoms with Gasteiger partial charge in [-0.25, -0.2) is 4.39 Å². The smallest absolute Gasteiger partial charge is 0.255 e. The third kappa shape index (κ3) is 3.04. The van der Waals surface area contributed by atoms with Gasteiger partial charge in [0.2, 0.25) is 0 Å². The number of hydrogen-bond donors (Lipinski definition) is 1. The SMILES string of the molecule is O=C1c2ccccc2C(c2c(-c3ccc(F)cc3)[nH]c3ccccc23)N1CC1CCCO1. The Labute approximate surface area is 185 Å². The standard InChI is InChI=1S/C27H23FN2O2/c28-18-13-11-17(12-14-18)25-24(22-9-3-4-10-23(22)29-25)26-20-7-1-2-8-21(20)27(31)30(26)16-19-6-5-15-32-19/h1-4,7-14,19,26,29H,5-6,15-16H2. The number of aromatic nitrogens is 1. The van der Waals surface area contributed by atoms with Gasteiger partial charge in [0.15, 0.2) is 0 Å². The number of amides is 1. The van der Waals surface area contributed by atoms with Gasteiger partial charge in [0.05, 0.1) is 17.8 Å². The molecule has 0 aliphatic carbocycles. The topological polar surface area (TPSA) is 45.3 Å². The Morgan fingerprint density at radius 1 is 1.00 bits per heavy atom. The highest BCUT2D eigenvalue weighted by Gasteiger charge is 2.41. The molecule has 0 radical (unpaired) electrons. The van der Waals surface area contributed by atoms with Crippen LogP contribution in [0.4, 0.5) is 4.39 Å². The lowest BCUT2D eigenvalue weighted by atomic mass is 9.93. The van der Waals surface area contributed by atoms with Crippen molar-refractivity contribution < 1.29 is 13.9 Å². The van der Waals surface area contributed by atoms with E-state index in [4.69, 9.17) is 4.74 Å². The van der Waals surface area contributed by atoms with Crippen molar-refractivity contribution in [1.29, 1.82) is 0 Å². The van der Waals surface area contributed by atoms with E-state index in [1.54, 1.807) is 12.1 Å².